The van der Waals surface area contributed by atoms with Crippen LogP contribution >= 0.6 is 11.3 Å². The fourth-order valence-electron chi connectivity index (χ4n) is 1.88. The number of nitrogens with one attached hydrogen (secondary N) is 2. The summed E-state index contributed by atoms with van der Waals surface area (Å²) in [6.07, 6.45) is 0. The lowest BCUT2D eigenvalue weighted by Gasteiger charge is -2.14. The Balaban J connectivity index is 1.87. The van der Waals surface area contributed by atoms with Crippen LogP contribution in [0.2, 0.25) is 0 Å². The molecule has 0 saturated heterocycles. The summed E-state index contributed by atoms with van der Waals surface area (Å²) >= 11 is 1.61. The van der Waals surface area contributed by atoms with Crippen LogP contribution < -0.4 is 15.4 Å². The molecular weight excluding hydrogens is 300 g/mol. The number of ether oxygens (including phenoxy) is 2. The minimum Gasteiger partial charge on any atom is -0.491 e. The van der Waals surface area contributed by atoms with Gasteiger partial charge in [0.2, 0.25) is 0 Å². The van der Waals surface area contributed by atoms with E-state index in [0.717, 1.165) is 5.56 Å². The third-order valence-corrected chi connectivity index (χ3v) is 3.74. The molecule has 1 aromatic heterocycles. The number of methoxy groups -OCH3 is 1. The first-order chi connectivity index (χ1) is 10.7. The normalized spacial score (nSPS) is 11.7. The van der Waals surface area contributed by atoms with E-state index >= 15 is 0 Å². The number of hydrogen-bond donors (Lipinski definition) is 2. The van der Waals surface area contributed by atoms with Crippen LogP contribution in [-0.4, -0.2) is 26.4 Å². The first-order valence-electron chi connectivity index (χ1n) is 7.00. The highest BCUT2D eigenvalue weighted by Gasteiger charge is 2.10. The van der Waals surface area contributed by atoms with E-state index in [0.29, 0.717) is 24.7 Å². The van der Waals surface area contributed by atoms with Gasteiger partial charge in [-0.15, -0.1) is 0 Å². The van der Waals surface area contributed by atoms with E-state index < -0.39 is 0 Å². The number of rotatable bonds is 7. The minimum atomic E-state index is -0.243. The van der Waals surface area contributed by atoms with Crippen LogP contribution in [0.3, 0.4) is 0 Å². The molecule has 2 N–H and O–H groups in total. The van der Waals surface area contributed by atoms with Gasteiger partial charge in [0.15, 0.2) is 0 Å². The Morgan fingerprint density at radius 3 is 2.91 bits per heavy atom. The van der Waals surface area contributed by atoms with E-state index in [2.05, 4.69) is 10.6 Å². The second kappa shape index (κ2) is 8.41. The monoisotopic (exact) mass is 320 g/mol. The Hall–Kier alpha value is -2.05. The highest BCUT2D eigenvalue weighted by Crippen LogP contribution is 2.18. The average molecular weight is 320 g/mol. The summed E-state index contributed by atoms with van der Waals surface area (Å²) in [5.41, 5.74) is 1.78. The van der Waals surface area contributed by atoms with Gasteiger partial charge in [0.1, 0.15) is 12.4 Å². The first kappa shape index (κ1) is 16.3. The molecule has 1 heterocycles. The van der Waals surface area contributed by atoms with Gasteiger partial charge in [0.05, 0.1) is 12.6 Å². The highest BCUT2D eigenvalue weighted by molar-refractivity contribution is 7.07. The van der Waals surface area contributed by atoms with Gasteiger partial charge in [-0.3, -0.25) is 0 Å². The van der Waals surface area contributed by atoms with Crippen LogP contribution in [0.4, 0.5) is 10.5 Å². The fourth-order valence-corrected chi connectivity index (χ4v) is 2.63. The highest BCUT2D eigenvalue weighted by atomic mass is 32.1. The Morgan fingerprint density at radius 1 is 1.32 bits per heavy atom. The van der Waals surface area contributed by atoms with E-state index in [4.69, 9.17) is 9.47 Å². The quantitative estimate of drug-likeness (QED) is 0.766. The van der Waals surface area contributed by atoms with Crippen LogP contribution in [0.15, 0.2) is 41.1 Å². The van der Waals surface area contributed by atoms with E-state index in [9.17, 15) is 4.79 Å². The number of hydrogen-bond acceptors (Lipinski definition) is 4. The summed E-state index contributed by atoms with van der Waals surface area (Å²) in [6, 6.07) is 9.00. The standard InChI is InChI=1S/C16H20N2O3S/c1-12(13-6-9-22-11-13)17-16(19)18-14-4-3-5-15(10-14)21-8-7-20-2/h3-6,9-12H,7-8H2,1-2H3,(H2,17,18,19). The molecular formula is C16H20N2O3S. The number of anilines is 1. The number of carbonyl (C=O) groups excluding carboxylic acids is 1. The lowest BCUT2D eigenvalue weighted by molar-refractivity contribution is 0.146. The lowest BCUT2D eigenvalue weighted by atomic mass is 10.2. The maximum Gasteiger partial charge on any atom is 0.319 e. The summed E-state index contributed by atoms with van der Waals surface area (Å²) in [4.78, 5) is 12.0. The smallest absolute Gasteiger partial charge is 0.319 e. The average Bonchev–Trinajstić information content (AvgIpc) is 3.02. The summed E-state index contributed by atoms with van der Waals surface area (Å²) in [6.45, 7) is 2.95. The number of carbonyl (C=O) groups is 1. The summed E-state index contributed by atoms with van der Waals surface area (Å²) in [7, 11) is 1.63. The molecule has 0 aliphatic heterocycles. The van der Waals surface area contributed by atoms with Crippen LogP contribution in [0.5, 0.6) is 5.75 Å². The van der Waals surface area contributed by atoms with Gasteiger partial charge in [0.25, 0.3) is 0 Å². The maximum atomic E-state index is 12.0. The third kappa shape index (κ3) is 5.05. The van der Waals surface area contributed by atoms with Crippen molar-refractivity contribution in [2.75, 3.05) is 25.6 Å². The molecule has 22 heavy (non-hydrogen) atoms. The summed E-state index contributed by atoms with van der Waals surface area (Å²) in [5, 5.41) is 9.72. The molecule has 0 bridgehead atoms. The first-order valence-corrected chi connectivity index (χ1v) is 7.94. The Kier molecular flexibility index (Phi) is 6.24. The molecule has 0 aliphatic carbocycles. The number of benzene rings is 1. The van der Waals surface area contributed by atoms with Crippen molar-refractivity contribution in [1.29, 1.82) is 0 Å². The van der Waals surface area contributed by atoms with Crippen molar-refractivity contribution in [3.05, 3.63) is 46.7 Å². The predicted molar refractivity (Wildman–Crippen MR) is 88.7 cm³/mol. The van der Waals surface area contributed by atoms with Crippen LogP contribution in [0.1, 0.15) is 18.5 Å². The summed E-state index contributed by atoms with van der Waals surface area (Å²) < 4.78 is 10.4. The van der Waals surface area contributed by atoms with Crippen LogP contribution in [0, 0.1) is 0 Å². The van der Waals surface area contributed by atoms with Gasteiger partial charge in [-0.25, -0.2) is 4.79 Å². The van der Waals surface area contributed by atoms with Gasteiger partial charge < -0.3 is 20.1 Å². The molecule has 2 aromatic rings. The maximum absolute atomic E-state index is 12.0. The molecule has 0 aliphatic rings. The van der Waals surface area contributed by atoms with Crippen molar-refractivity contribution in [3.63, 3.8) is 0 Å². The molecule has 0 saturated carbocycles. The molecule has 1 atom stereocenters. The molecule has 1 aromatic carbocycles. The van der Waals surface area contributed by atoms with Crippen LogP contribution in [-0.2, 0) is 4.74 Å². The van der Waals surface area contributed by atoms with Crippen molar-refractivity contribution < 1.29 is 14.3 Å². The third-order valence-electron chi connectivity index (χ3n) is 3.04. The summed E-state index contributed by atoms with van der Waals surface area (Å²) in [5.74, 6) is 0.695. The molecule has 0 fully saturated rings. The largest absolute Gasteiger partial charge is 0.491 e. The molecule has 0 spiro atoms. The lowest BCUT2D eigenvalue weighted by Crippen LogP contribution is -2.30. The molecule has 1 unspecified atom stereocenters. The SMILES string of the molecule is COCCOc1cccc(NC(=O)NC(C)c2ccsc2)c1. The van der Waals surface area contributed by atoms with Crippen LogP contribution in [0.25, 0.3) is 0 Å². The molecule has 0 radical (unpaired) electrons. The van der Waals surface area contributed by atoms with Gasteiger partial charge in [-0.05, 0) is 41.4 Å². The van der Waals surface area contributed by atoms with Crippen molar-refractivity contribution in [2.45, 2.75) is 13.0 Å². The van der Waals surface area contributed by atoms with Gasteiger partial charge in [0, 0.05) is 18.9 Å². The zero-order valence-electron chi connectivity index (χ0n) is 12.7. The van der Waals surface area contributed by atoms with E-state index in [1.807, 2.05) is 41.9 Å². The predicted octanol–water partition coefficient (Wildman–Crippen LogP) is 3.66. The second-order valence-electron chi connectivity index (χ2n) is 4.75. The minimum absolute atomic E-state index is 0.0348. The number of amides is 2. The zero-order valence-corrected chi connectivity index (χ0v) is 13.5. The van der Waals surface area contributed by atoms with E-state index in [-0.39, 0.29) is 12.1 Å². The van der Waals surface area contributed by atoms with Gasteiger partial charge >= 0.3 is 6.03 Å². The van der Waals surface area contributed by atoms with Gasteiger partial charge in [-0.1, -0.05) is 6.07 Å². The zero-order chi connectivity index (χ0) is 15.8. The Labute approximate surface area is 134 Å². The van der Waals surface area contributed by atoms with E-state index in [1.165, 1.54) is 0 Å². The number of thiophene rings is 1. The van der Waals surface area contributed by atoms with Crippen molar-refractivity contribution in [2.24, 2.45) is 0 Å². The fraction of sp³-hybridized carbons (Fsp3) is 0.312. The molecule has 2 amide bonds. The Bertz CT molecular complexity index is 587. The second-order valence-corrected chi connectivity index (χ2v) is 5.53. The van der Waals surface area contributed by atoms with Crippen molar-refractivity contribution >= 4 is 23.1 Å². The number of urea groups is 1. The Morgan fingerprint density at radius 2 is 2.18 bits per heavy atom. The topological polar surface area (TPSA) is 59.6 Å². The van der Waals surface area contributed by atoms with Gasteiger partial charge in [-0.2, -0.15) is 11.3 Å². The molecule has 2 rings (SSSR count). The van der Waals surface area contributed by atoms with E-state index in [1.54, 1.807) is 24.5 Å². The molecule has 118 valence electrons. The van der Waals surface area contributed by atoms with Crippen molar-refractivity contribution in [3.8, 4) is 5.75 Å². The molecule has 6 heteroatoms. The van der Waals surface area contributed by atoms with Crippen molar-refractivity contribution in [1.82, 2.24) is 5.32 Å². The molecule has 5 nitrogen and oxygen atoms in total.